The summed E-state index contributed by atoms with van der Waals surface area (Å²) < 4.78 is 5.09. The van der Waals surface area contributed by atoms with Crippen LogP contribution in [0.25, 0.3) is 6.08 Å². The molecule has 2 N–H and O–H groups in total. The number of benzene rings is 2. The Morgan fingerprint density at radius 1 is 1.15 bits per heavy atom. The van der Waals surface area contributed by atoms with Crippen LogP contribution in [0.5, 0.6) is 17.2 Å². The van der Waals surface area contributed by atoms with E-state index in [1.54, 1.807) is 19.3 Å². The van der Waals surface area contributed by atoms with E-state index in [4.69, 9.17) is 4.74 Å². The first-order valence-corrected chi connectivity index (χ1v) is 5.98. The number of phenolic OH excluding ortho intramolecular Hbond substituents is 2. The lowest BCUT2D eigenvalue weighted by atomic mass is 10.1. The number of phenols is 2. The van der Waals surface area contributed by atoms with Gasteiger partial charge in [-0.1, -0.05) is 18.2 Å². The maximum Gasteiger partial charge on any atom is 0.189 e. The highest BCUT2D eigenvalue weighted by Gasteiger charge is 2.08. The van der Waals surface area contributed by atoms with Gasteiger partial charge in [-0.3, -0.25) is 4.79 Å². The molecule has 0 heterocycles. The van der Waals surface area contributed by atoms with E-state index < -0.39 is 0 Å². The number of aromatic hydroxyl groups is 2. The molecule has 0 fully saturated rings. The molecule has 0 atom stereocenters. The summed E-state index contributed by atoms with van der Waals surface area (Å²) in [6.45, 7) is 0. The zero-order valence-electron chi connectivity index (χ0n) is 10.9. The third-order valence-electron chi connectivity index (χ3n) is 2.77. The average Bonchev–Trinajstić information content (AvgIpc) is 2.45. The molecule has 4 heteroatoms. The average molecular weight is 270 g/mol. The zero-order valence-corrected chi connectivity index (χ0v) is 10.9. The van der Waals surface area contributed by atoms with E-state index in [1.165, 1.54) is 18.2 Å². The van der Waals surface area contributed by atoms with Crippen molar-refractivity contribution < 1.29 is 19.7 Å². The van der Waals surface area contributed by atoms with Gasteiger partial charge in [-0.25, -0.2) is 0 Å². The first kappa shape index (κ1) is 13.7. The van der Waals surface area contributed by atoms with E-state index in [0.717, 1.165) is 11.6 Å². The number of allylic oxidation sites excluding steroid dienone is 1. The number of hydrogen-bond donors (Lipinski definition) is 2. The van der Waals surface area contributed by atoms with Crippen LogP contribution >= 0.6 is 0 Å². The van der Waals surface area contributed by atoms with Crippen molar-refractivity contribution in [2.45, 2.75) is 0 Å². The normalized spacial score (nSPS) is 10.7. The Morgan fingerprint density at radius 2 is 1.95 bits per heavy atom. The number of carbonyl (C=O) groups is 1. The highest BCUT2D eigenvalue weighted by molar-refractivity contribution is 6.08. The van der Waals surface area contributed by atoms with Crippen molar-refractivity contribution in [1.29, 1.82) is 0 Å². The summed E-state index contributed by atoms with van der Waals surface area (Å²) in [7, 11) is 1.57. The summed E-state index contributed by atoms with van der Waals surface area (Å²) in [5.74, 6) is 0.0264. The van der Waals surface area contributed by atoms with E-state index in [0.29, 0.717) is 5.75 Å². The lowest BCUT2D eigenvalue weighted by Crippen LogP contribution is -1.94. The van der Waals surface area contributed by atoms with Crippen molar-refractivity contribution in [3.05, 3.63) is 59.7 Å². The monoisotopic (exact) mass is 270 g/mol. The van der Waals surface area contributed by atoms with Gasteiger partial charge >= 0.3 is 0 Å². The smallest absolute Gasteiger partial charge is 0.189 e. The molecule has 20 heavy (non-hydrogen) atoms. The first-order valence-electron chi connectivity index (χ1n) is 5.98. The third kappa shape index (κ3) is 3.17. The quantitative estimate of drug-likeness (QED) is 0.662. The molecule has 0 aliphatic heterocycles. The maximum absolute atomic E-state index is 11.9. The molecule has 0 aromatic heterocycles. The van der Waals surface area contributed by atoms with Gasteiger partial charge in [0.2, 0.25) is 0 Å². The fraction of sp³-hybridized carbons (Fsp3) is 0.0625. The van der Waals surface area contributed by atoms with Gasteiger partial charge in [-0.15, -0.1) is 0 Å². The number of ketones is 1. The van der Waals surface area contributed by atoms with E-state index in [2.05, 4.69) is 0 Å². The largest absolute Gasteiger partial charge is 0.508 e. The molecule has 2 aromatic carbocycles. The molecule has 0 unspecified atom stereocenters. The van der Waals surface area contributed by atoms with E-state index in [9.17, 15) is 15.0 Å². The van der Waals surface area contributed by atoms with Gasteiger partial charge in [0.25, 0.3) is 0 Å². The van der Waals surface area contributed by atoms with Crippen LogP contribution in [0.3, 0.4) is 0 Å². The molecular formula is C16H14O4. The summed E-state index contributed by atoms with van der Waals surface area (Å²) in [5.41, 5.74) is 0.956. The van der Waals surface area contributed by atoms with Crippen molar-refractivity contribution >= 4 is 11.9 Å². The van der Waals surface area contributed by atoms with Crippen LogP contribution in [0.2, 0.25) is 0 Å². The predicted octanol–water partition coefficient (Wildman–Crippen LogP) is 3.00. The Morgan fingerprint density at radius 3 is 2.65 bits per heavy atom. The summed E-state index contributed by atoms with van der Waals surface area (Å²) in [5, 5.41) is 18.8. The second-order valence-electron chi connectivity index (χ2n) is 4.18. The van der Waals surface area contributed by atoms with Crippen LogP contribution in [0, 0.1) is 0 Å². The minimum Gasteiger partial charge on any atom is -0.508 e. The topological polar surface area (TPSA) is 66.8 Å². The standard InChI is InChI=1S/C16H14O4/c1-20-13-4-2-3-11(9-13)5-8-15(18)14-7-6-12(17)10-16(14)19/h2-10,17,19H,1H3. The molecule has 0 saturated heterocycles. The van der Waals surface area contributed by atoms with Crippen molar-refractivity contribution in [1.82, 2.24) is 0 Å². The number of ether oxygens (including phenoxy) is 1. The fourth-order valence-electron chi connectivity index (χ4n) is 1.74. The van der Waals surface area contributed by atoms with Crippen molar-refractivity contribution in [2.24, 2.45) is 0 Å². The van der Waals surface area contributed by atoms with Gasteiger partial charge in [-0.2, -0.15) is 0 Å². The molecule has 0 bridgehead atoms. The molecule has 102 valence electrons. The molecule has 0 amide bonds. The molecule has 2 aromatic rings. The lowest BCUT2D eigenvalue weighted by Gasteiger charge is -2.02. The van der Waals surface area contributed by atoms with Gasteiger partial charge in [0, 0.05) is 6.07 Å². The van der Waals surface area contributed by atoms with Gasteiger partial charge in [0.1, 0.15) is 17.2 Å². The summed E-state index contributed by atoms with van der Waals surface area (Å²) in [6, 6.07) is 11.1. The lowest BCUT2D eigenvalue weighted by molar-refractivity contribution is 0.104. The molecule has 2 rings (SSSR count). The Hall–Kier alpha value is -2.75. The van der Waals surface area contributed by atoms with Crippen LogP contribution in [-0.2, 0) is 0 Å². The molecule has 0 saturated carbocycles. The Balaban J connectivity index is 2.20. The Bertz CT molecular complexity index is 659. The minimum absolute atomic E-state index is 0.0872. The molecule has 0 aliphatic carbocycles. The summed E-state index contributed by atoms with van der Waals surface area (Å²) >= 11 is 0. The van der Waals surface area contributed by atoms with Crippen molar-refractivity contribution in [2.75, 3.05) is 7.11 Å². The molecular weight excluding hydrogens is 256 g/mol. The number of hydrogen-bond acceptors (Lipinski definition) is 4. The van der Waals surface area contributed by atoms with Gasteiger partial charge in [-0.05, 0) is 35.9 Å². The number of carbonyl (C=O) groups excluding carboxylic acids is 1. The van der Waals surface area contributed by atoms with E-state index in [1.807, 2.05) is 18.2 Å². The SMILES string of the molecule is COc1cccc(C=CC(=O)c2ccc(O)cc2O)c1. The van der Waals surface area contributed by atoms with Crippen molar-refractivity contribution in [3.63, 3.8) is 0 Å². The van der Waals surface area contributed by atoms with Gasteiger partial charge in [0.05, 0.1) is 12.7 Å². The Kier molecular flexibility index (Phi) is 4.05. The predicted molar refractivity (Wildman–Crippen MR) is 76.1 cm³/mol. The highest BCUT2D eigenvalue weighted by Crippen LogP contribution is 2.23. The fourth-order valence-corrected chi connectivity index (χ4v) is 1.74. The molecule has 4 nitrogen and oxygen atoms in total. The maximum atomic E-state index is 11.9. The van der Waals surface area contributed by atoms with E-state index in [-0.39, 0.29) is 22.8 Å². The first-order chi connectivity index (χ1) is 9.60. The zero-order chi connectivity index (χ0) is 14.5. The number of methoxy groups -OCH3 is 1. The van der Waals surface area contributed by atoms with Crippen LogP contribution in [0.4, 0.5) is 0 Å². The molecule has 0 aliphatic rings. The molecule has 0 spiro atoms. The van der Waals surface area contributed by atoms with Crippen LogP contribution in [0.1, 0.15) is 15.9 Å². The van der Waals surface area contributed by atoms with Gasteiger partial charge < -0.3 is 14.9 Å². The van der Waals surface area contributed by atoms with E-state index >= 15 is 0 Å². The summed E-state index contributed by atoms with van der Waals surface area (Å²) in [6.07, 6.45) is 3.00. The minimum atomic E-state index is -0.342. The van der Waals surface area contributed by atoms with Crippen LogP contribution < -0.4 is 4.74 Å². The second kappa shape index (κ2) is 5.93. The Labute approximate surface area is 116 Å². The van der Waals surface area contributed by atoms with Crippen LogP contribution in [0.15, 0.2) is 48.5 Å². The molecule has 0 radical (unpaired) electrons. The summed E-state index contributed by atoms with van der Waals surface area (Å²) in [4.78, 5) is 11.9. The van der Waals surface area contributed by atoms with Gasteiger partial charge in [0.15, 0.2) is 5.78 Å². The highest BCUT2D eigenvalue weighted by atomic mass is 16.5. The second-order valence-corrected chi connectivity index (χ2v) is 4.18. The number of rotatable bonds is 4. The van der Waals surface area contributed by atoms with Crippen molar-refractivity contribution in [3.8, 4) is 17.2 Å². The van der Waals surface area contributed by atoms with Crippen LogP contribution in [-0.4, -0.2) is 23.1 Å². The third-order valence-corrected chi connectivity index (χ3v) is 2.77.